The third kappa shape index (κ3) is 2.55. The van der Waals surface area contributed by atoms with E-state index in [9.17, 15) is 4.79 Å². The van der Waals surface area contributed by atoms with Crippen molar-refractivity contribution >= 4 is 32.7 Å². The van der Waals surface area contributed by atoms with E-state index in [1.54, 1.807) is 6.07 Å². The van der Waals surface area contributed by atoms with Crippen LogP contribution in [0.25, 0.3) is 10.9 Å². The summed E-state index contributed by atoms with van der Waals surface area (Å²) in [5, 5.41) is 0.942. The highest BCUT2D eigenvalue weighted by molar-refractivity contribution is 9.10. The fraction of sp³-hybridized carbons (Fsp3) is 0.167. The van der Waals surface area contributed by atoms with Gasteiger partial charge in [0.1, 0.15) is 11.3 Å². The van der Waals surface area contributed by atoms with Crippen LogP contribution in [0.1, 0.15) is 5.69 Å². The molecule has 0 unspecified atom stereocenters. The second-order valence-electron chi connectivity index (χ2n) is 3.65. The lowest BCUT2D eigenvalue weighted by atomic mass is 10.2. The summed E-state index contributed by atoms with van der Waals surface area (Å²) in [5.41, 5.74) is 6.66. The molecule has 1 amide bonds. The lowest BCUT2D eigenvalue weighted by Gasteiger charge is -2.08. The van der Waals surface area contributed by atoms with Crippen molar-refractivity contribution in [3.05, 3.63) is 34.4 Å². The van der Waals surface area contributed by atoms with Gasteiger partial charge in [-0.15, -0.1) is 0 Å². The van der Waals surface area contributed by atoms with E-state index in [4.69, 9.17) is 10.5 Å². The second-order valence-corrected chi connectivity index (χ2v) is 4.50. The molecule has 0 aliphatic heterocycles. The van der Waals surface area contributed by atoms with Crippen LogP contribution in [0.15, 0.2) is 28.7 Å². The first-order chi connectivity index (χ1) is 8.08. The molecule has 1 aromatic heterocycles. The first-order valence-electron chi connectivity index (χ1n) is 5.05. The summed E-state index contributed by atoms with van der Waals surface area (Å²) in [6.45, 7) is 1.75. The Morgan fingerprint density at radius 1 is 1.41 bits per heavy atom. The van der Waals surface area contributed by atoms with Crippen LogP contribution in [0, 0.1) is 6.92 Å². The lowest BCUT2D eigenvalue weighted by Crippen LogP contribution is -2.20. The van der Waals surface area contributed by atoms with Crippen LogP contribution in [0.4, 0.5) is 0 Å². The molecule has 1 aromatic carbocycles. The summed E-state index contributed by atoms with van der Waals surface area (Å²) >= 11 is 3.45. The van der Waals surface area contributed by atoms with Crippen LogP contribution < -0.4 is 10.5 Å². The fourth-order valence-electron chi connectivity index (χ4n) is 1.52. The van der Waals surface area contributed by atoms with E-state index in [1.807, 2.05) is 25.1 Å². The molecule has 0 fully saturated rings. The lowest BCUT2D eigenvalue weighted by molar-refractivity contribution is -0.119. The van der Waals surface area contributed by atoms with Crippen LogP contribution >= 0.6 is 15.9 Å². The first kappa shape index (κ1) is 11.9. The van der Waals surface area contributed by atoms with Crippen molar-refractivity contribution in [1.82, 2.24) is 4.98 Å². The molecule has 0 aliphatic rings. The van der Waals surface area contributed by atoms with Crippen LogP contribution in [-0.4, -0.2) is 17.5 Å². The summed E-state index contributed by atoms with van der Waals surface area (Å²) in [5.74, 6) is 0.0550. The molecule has 0 saturated heterocycles. The molecule has 5 heteroatoms. The Kier molecular flexibility index (Phi) is 3.28. The number of fused-ring (bicyclic) bond motifs is 1. The Labute approximate surface area is 107 Å². The average molecular weight is 295 g/mol. The van der Waals surface area contributed by atoms with E-state index in [-0.39, 0.29) is 6.61 Å². The van der Waals surface area contributed by atoms with Crippen LogP contribution in [-0.2, 0) is 4.79 Å². The Balaban J connectivity index is 2.52. The minimum atomic E-state index is -0.506. The quantitative estimate of drug-likeness (QED) is 0.943. The smallest absolute Gasteiger partial charge is 0.255 e. The Morgan fingerprint density at radius 3 is 2.88 bits per heavy atom. The number of nitrogens with zero attached hydrogens (tertiary/aromatic N) is 1. The minimum absolute atomic E-state index is 0.146. The molecular formula is C12H11BrN2O2. The molecule has 2 aromatic rings. The molecule has 2 N–H and O–H groups in total. The van der Waals surface area contributed by atoms with Gasteiger partial charge in [0.25, 0.3) is 5.91 Å². The van der Waals surface area contributed by atoms with E-state index >= 15 is 0 Å². The van der Waals surface area contributed by atoms with Gasteiger partial charge < -0.3 is 10.5 Å². The van der Waals surface area contributed by atoms with Gasteiger partial charge in [-0.1, -0.05) is 15.9 Å². The normalized spacial score (nSPS) is 10.5. The first-order valence-corrected chi connectivity index (χ1v) is 5.84. The van der Waals surface area contributed by atoms with E-state index in [1.165, 1.54) is 0 Å². The predicted octanol–water partition coefficient (Wildman–Crippen LogP) is 2.17. The monoisotopic (exact) mass is 294 g/mol. The number of hydrogen-bond acceptors (Lipinski definition) is 3. The van der Waals surface area contributed by atoms with Gasteiger partial charge in [-0.05, 0) is 31.2 Å². The van der Waals surface area contributed by atoms with E-state index in [2.05, 4.69) is 20.9 Å². The molecule has 0 aliphatic carbocycles. The predicted molar refractivity (Wildman–Crippen MR) is 68.9 cm³/mol. The molecule has 4 nitrogen and oxygen atoms in total. The van der Waals surface area contributed by atoms with Crippen molar-refractivity contribution in [2.45, 2.75) is 6.92 Å². The van der Waals surface area contributed by atoms with Gasteiger partial charge in [-0.25, -0.2) is 4.98 Å². The number of hydrogen-bond donors (Lipinski definition) is 1. The number of ether oxygens (including phenoxy) is 1. The van der Waals surface area contributed by atoms with Crippen molar-refractivity contribution in [2.24, 2.45) is 5.73 Å². The number of rotatable bonds is 3. The maximum atomic E-state index is 10.7. The molecular weight excluding hydrogens is 284 g/mol. The van der Waals surface area contributed by atoms with Crippen molar-refractivity contribution < 1.29 is 9.53 Å². The second kappa shape index (κ2) is 4.71. The summed E-state index contributed by atoms with van der Waals surface area (Å²) in [6.07, 6.45) is 0. The third-order valence-corrected chi connectivity index (χ3v) is 2.97. The topological polar surface area (TPSA) is 65.2 Å². The highest BCUT2D eigenvalue weighted by Crippen LogP contribution is 2.30. The standard InChI is InChI=1S/C12H11BrN2O2/c1-7-2-3-8-9(13)4-5-10(12(8)15-7)17-6-11(14)16/h2-5H,6H2,1H3,(H2,14,16). The zero-order valence-electron chi connectivity index (χ0n) is 9.24. The number of amides is 1. The number of aromatic nitrogens is 1. The molecule has 17 heavy (non-hydrogen) atoms. The Hall–Kier alpha value is -1.62. The number of pyridine rings is 1. The Bertz CT molecular complexity index is 584. The highest BCUT2D eigenvalue weighted by atomic mass is 79.9. The SMILES string of the molecule is Cc1ccc2c(Br)ccc(OCC(N)=O)c2n1. The van der Waals surface area contributed by atoms with Gasteiger partial charge in [-0.2, -0.15) is 0 Å². The zero-order chi connectivity index (χ0) is 12.4. The van der Waals surface area contributed by atoms with Gasteiger partial charge in [0.2, 0.25) is 0 Å². The number of carbonyl (C=O) groups excluding carboxylic acids is 1. The van der Waals surface area contributed by atoms with Crippen LogP contribution in [0.5, 0.6) is 5.75 Å². The number of halogens is 1. The van der Waals surface area contributed by atoms with Gasteiger partial charge in [-0.3, -0.25) is 4.79 Å². The minimum Gasteiger partial charge on any atom is -0.481 e. The molecule has 0 saturated carbocycles. The molecule has 0 bridgehead atoms. The maximum Gasteiger partial charge on any atom is 0.255 e. The molecule has 0 atom stereocenters. The van der Waals surface area contributed by atoms with Gasteiger partial charge >= 0.3 is 0 Å². The number of nitrogens with two attached hydrogens (primary N) is 1. The maximum absolute atomic E-state index is 10.7. The average Bonchev–Trinajstić information content (AvgIpc) is 2.28. The molecule has 1 heterocycles. The van der Waals surface area contributed by atoms with Gasteiger partial charge in [0.15, 0.2) is 6.61 Å². The number of aryl methyl sites for hydroxylation is 1. The van der Waals surface area contributed by atoms with Crippen molar-refractivity contribution in [3.63, 3.8) is 0 Å². The fourth-order valence-corrected chi connectivity index (χ4v) is 1.97. The van der Waals surface area contributed by atoms with Crippen molar-refractivity contribution in [3.8, 4) is 5.75 Å². The zero-order valence-corrected chi connectivity index (χ0v) is 10.8. The van der Waals surface area contributed by atoms with Gasteiger partial charge in [0, 0.05) is 15.6 Å². The van der Waals surface area contributed by atoms with Crippen LogP contribution in [0.2, 0.25) is 0 Å². The summed E-state index contributed by atoms with van der Waals surface area (Å²) < 4.78 is 6.27. The largest absolute Gasteiger partial charge is 0.481 e. The van der Waals surface area contributed by atoms with E-state index in [0.717, 1.165) is 21.1 Å². The molecule has 88 valence electrons. The van der Waals surface area contributed by atoms with Crippen molar-refractivity contribution in [1.29, 1.82) is 0 Å². The van der Waals surface area contributed by atoms with Crippen LogP contribution in [0.3, 0.4) is 0 Å². The summed E-state index contributed by atoms with van der Waals surface area (Å²) in [7, 11) is 0. The molecule has 0 spiro atoms. The molecule has 0 radical (unpaired) electrons. The van der Waals surface area contributed by atoms with Crippen molar-refractivity contribution in [2.75, 3.05) is 6.61 Å². The molecule has 2 rings (SSSR count). The highest BCUT2D eigenvalue weighted by Gasteiger charge is 2.08. The van der Waals surface area contributed by atoms with E-state index in [0.29, 0.717) is 5.75 Å². The van der Waals surface area contributed by atoms with Gasteiger partial charge in [0.05, 0.1) is 0 Å². The number of carbonyl (C=O) groups is 1. The number of benzene rings is 1. The van der Waals surface area contributed by atoms with E-state index < -0.39 is 5.91 Å². The number of primary amides is 1. The Morgan fingerprint density at radius 2 is 2.18 bits per heavy atom. The summed E-state index contributed by atoms with van der Waals surface area (Å²) in [4.78, 5) is 15.1. The summed E-state index contributed by atoms with van der Waals surface area (Å²) in [6, 6.07) is 7.50. The third-order valence-electron chi connectivity index (χ3n) is 2.28.